The molecule has 0 saturated carbocycles. The first-order valence-electron chi connectivity index (χ1n) is 5.69. The van der Waals surface area contributed by atoms with Crippen LogP contribution in [0, 0.1) is 6.92 Å². The van der Waals surface area contributed by atoms with Crippen LogP contribution >= 0.6 is 0 Å². The fourth-order valence-corrected chi connectivity index (χ4v) is 1.37. The average Bonchev–Trinajstić information content (AvgIpc) is 2.35. The lowest BCUT2D eigenvalue weighted by Crippen LogP contribution is -2.30. The van der Waals surface area contributed by atoms with E-state index in [1.54, 1.807) is 7.05 Å². The molecule has 1 amide bonds. The fourth-order valence-electron chi connectivity index (χ4n) is 1.37. The number of nitrogens with one attached hydrogen (secondary N) is 3. The lowest BCUT2D eigenvalue weighted by atomic mass is 10.3. The van der Waals surface area contributed by atoms with Crippen LogP contribution in [-0.4, -0.2) is 36.0 Å². The van der Waals surface area contributed by atoms with Crippen molar-refractivity contribution in [3.8, 4) is 0 Å². The Kier molecular flexibility index (Phi) is 5.19. The van der Waals surface area contributed by atoms with Crippen LogP contribution < -0.4 is 16.0 Å². The second-order valence-corrected chi connectivity index (χ2v) is 3.65. The number of nitrogens with zero attached hydrogens (tertiary/aromatic N) is 2. The van der Waals surface area contributed by atoms with Crippen molar-refractivity contribution in [2.24, 2.45) is 0 Å². The number of carbonyl (C=O) groups is 1. The Morgan fingerprint density at radius 3 is 2.71 bits per heavy atom. The van der Waals surface area contributed by atoms with Crippen LogP contribution in [-0.2, 0) is 4.79 Å². The Morgan fingerprint density at radius 1 is 1.35 bits per heavy atom. The van der Waals surface area contributed by atoms with Gasteiger partial charge in [0.05, 0.1) is 6.54 Å². The first-order valence-corrected chi connectivity index (χ1v) is 5.69. The minimum absolute atomic E-state index is 0.0316. The van der Waals surface area contributed by atoms with Crippen LogP contribution in [0.2, 0.25) is 0 Å². The van der Waals surface area contributed by atoms with Gasteiger partial charge in [-0.1, -0.05) is 6.92 Å². The summed E-state index contributed by atoms with van der Waals surface area (Å²) in [5.74, 6) is 1.41. The third-order valence-electron chi connectivity index (χ3n) is 2.31. The number of rotatable bonds is 6. The molecule has 3 N–H and O–H groups in total. The van der Waals surface area contributed by atoms with E-state index in [0.29, 0.717) is 12.4 Å². The predicted octanol–water partition coefficient (Wildman–Crippen LogP) is 0.765. The fraction of sp³-hybridized carbons (Fsp3) is 0.545. The van der Waals surface area contributed by atoms with Crippen LogP contribution in [0.4, 0.5) is 11.6 Å². The molecule has 6 heteroatoms. The van der Waals surface area contributed by atoms with Crippen LogP contribution in [0.5, 0.6) is 0 Å². The van der Waals surface area contributed by atoms with Gasteiger partial charge in [-0.2, -0.15) is 0 Å². The van der Waals surface area contributed by atoms with E-state index in [1.165, 1.54) is 6.33 Å². The Hall–Kier alpha value is -1.85. The second-order valence-electron chi connectivity index (χ2n) is 3.65. The maximum atomic E-state index is 11.4. The van der Waals surface area contributed by atoms with E-state index in [-0.39, 0.29) is 12.5 Å². The van der Waals surface area contributed by atoms with Gasteiger partial charge in [0.25, 0.3) is 0 Å². The molecule has 0 aromatic carbocycles. The van der Waals surface area contributed by atoms with E-state index < -0.39 is 0 Å². The standard InChI is InChI=1S/C11H19N5O/c1-4-5-13-9(17)6-14-11-8(2)10(12-3)15-7-16-11/h7H,4-6H2,1-3H3,(H,13,17)(H2,12,14,15,16). The van der Waals surface area contributed by atoms with E-state index in [0.717, 1.165) is 17.8 Å². The number of aromatic nitrogens is 2. The van der Waals surface area contributed by atoms with E-state index in [1.807, 2.05) is 13.8 Å². The van der Waals surface area contributed by atoms with E-state index in [2.05, 4.69) is 25.9 Å². The monoisotopic (exact) mass is 237 g/mol. The van der Waals surface area contributed by atoms with Crippen molar-refractivity contribution in [3.63, 3.8) is 0 Å². The molecule has 0 aliphatic rings. The van der Waals surface area contributed by atoms with Gasteiger partial charge in [-0.3, -0.25) is 4.79 Å². The summed E-state index contributed by atoms with van der Waals surface area (Å²) in [6, 6.07) is 0. The summed E-state index contributed by atoms with van der Waals surface area (Å²) in [7, 11) is 1.80. The highest BCUT2D eigenvalue weighted by Crippen LogP contribution is 2.16. The molecule has 0 unspecified atom stereocenters. The van der Waals surface area contributed by atoms with Gasteiger partial charge in [0, 0.05) is 19.2 Å². The van der Waals surface area contributed by atoms with Gasteiger partial charge >= 0.3 is 0 Å². The van der Waals surface area contributed by atoms with Crippen LogP contribution in [0.3, 0.4) is 0 Å². The topological polar surface area (TPSA) is 78.9 Å². The van der Waals surface area contributed by atoms with Crippen LogP contribution in [0.15, 0.2) is 6.33 Å². The molecule has 0 aliphatic heterocycles. The zero-order valence-corrected chi connectivity index (χ0v) is 10.5. The van der Waals surface area contributed by atoms with Crippen molar-refractivity contribution in [2.45, 2.75) is 20.3 Å². The van der Waals surface area contributed by atoms with Crippen molar-refractivity contribution >= 4 is 17.5 Å². The maximum absolute atomic E-state index is 11.4. The quantitative estimate of drug-likeness (QED) is 0.681. The summed E-state index contributed by atoms with van der Waals surface area (Å²) >= 11 is 0. The summed E-state index contributed by atoms with van der Waals surface area (Å²) in [5.41, 5.74) is 0.901. The predicted molar refractivity (Wildman–Crippen MR) is 68.1 cm³/mol. The summed E-state index contributed by atoms with van der Waals surface area (Å²) in [5, 5.41) is 8.75. The minimum atomic E-state index is -0.0316. The Labute approximate surface area is 101 Å². The molecule has 17 heavy (non-hydrogen) atoms. The van der Waals surface area contributed by atoms with Gasteiger partial charge in [-0.15, -0.1) is 0 Å². The highest BCUT2D eigenvalue weighted by atomic mass is 16.1. The van der Waals surface area contributed by atoms with Crippen LogP contribution in [0.1, 0.15) is 18.9 Å². The average molecular weight is 237 g/mol. The molecule has 1 aromatic heterocycles. The van der Waals surface area contributed by atoms with Crippen molar-refractivity contribution in [1.29, 1.82) is 0 Å². The van der Waals surface area contributed by atoms with Crippen LogP contribution in [0.25, 0.3) is 0 Å². The minimum Gasteiger partial charge on any atom is -0.373 e. The molecule has 0 bridgehead atoms. The first-order chi connectivity index (χ1) is 8.19. The Morgan fingerprint density at radius 2 is 2.06 bits per heavy atom. The number of anilines is 2. The zero-order chi connectivity index (χ0) is 12.7. The highest BCUT2D eigenvalue weighted by Gasteiger charge is 2.06. The van der Waals surface area contributed by atoms with Crippen molar-refractivity contribution in [2.75, 3.05) is 30.8 Å². The number of carbonyl (C=O) groups excluding carboxylic acids is 1. The van der Waals surface area contributed by atoms with Gasteiger partial charge in [0.1, 0.15) is 18.0 Å². The van der Waals surface area contributed by atoms with Gasteiger partial charge in [-0.05, 0) is 13.3 Å². The number of hydrogen-bond acceptors (Lipinski definition) is 5. The molecule has 1 aromatic rings. The Balaban J connectivity index is 2.54. The summed E-state index contributed by atoms with van der Waals surface area (Å²) in [6.07, 6.45) is 2.40. The molecule has 0 fully saturated rings. The molecule has 0 atom stereocenters. The third-order valence-corrected chi connectivity index (χ3v) is 2.31. The summed E-state index contributed by atoms with van der Waals surface area (Å²) in [4.78, 5) is 19.6. The molecule has 0 saturated heterocycles. The SMILES string of the molecule is CCCNC(=O)CNc1ncnc(NC)c1C. The lowest BCUT2D eigenvalue weighted by molar-refractivity contribution is -0.119. The molecular formula is C11H19N5O. The van der Waals surface area contributed by atoms with E-state index in [9.17, 15) is 4.79 Å². The van der Waals surface area contributed by atoms with Gasteiger partial charge in [-0.25, -0.2) is 9.97 Å². The van der Waals surface area contributed by atoms with Crippen molar-refractivity contribution in [3.05, 3.63) is 11.9 Å². The number of amides is 1. The smallest absolute Gasteiger partial charge is 0.239 e. The Bertz CT molecular complexity index is 380. The summed E-state index contributed by atoms with van der Waals surface area (Å²) < 4.78 is 0. The van der Waals surface area contributed by atoms with Crippen molar-refractivity contribution in [1.82, 2.24) is 15.3 Å². The maximum Gasteiger partial charge on any atom is 0.239 e. The molecule has 94 valence electrons. The third kappa shape index (κ3) is 3.90. The number of hydrogen-bond donors (Lipinski definition) is 3. The molecule has 0 radical (unpaired) electrons. The van der Waals surface area contributed by atoms with E-state index in [4.69, 9.17) is 0 Å². The normalized spacial score (nSPS) is 9.82. The van der Waals surface area contributed by atoms with Crippen molar-refractivity contribution < 1.29 is 4.79 Å². The van der Waals surface area contributed by atoms with E-state index >= 15 is 0 Å². The zero-order valence-electron chi connectivity index (χ0n) is 10.5. The molecule has 6 nitrogen and oxygen atoms in total. The van der Waals surface area contributed by atoms with Gasteiger partial charge in [0.15, 0.2) is 0 Å². The lowest BCUT2D eigenvalue weighted by Gasteiger charge is -2.10. The molecule has 0 spiro atoms. The highest BCUT2D eigenvalue weighted by molar-refractivity contribution is 5.80. The first kappa shape index (κ1) is 13.2. The molecule has 1 heterocycles. The van der Waals surface area contributed by atoms with Gasteiger partial charge in [0.2, 0.25) is 5.91 Å². The molecule has 0 aliphatic carbocycles. The largest absolute Gasteiger partial charge is 0.373 e. The van der Waals surface area contributed by atoms with Gasteiger partial charge < -0.3 is 16.0 Å². The second kappa shape index (κ2) is 6.67. The molecule has 1 rings (SSSR count). The summed E-state index contributed by atoms with van der Waals surface area (Å²) in [6.45, 7) is 4.84. The molecular weight excluding hydrogens is 218 g/mol.